The monoisotopic (exact) mass is 970 g/mol. The summed E-state index contributed by atoms with van der Waals surface area (Å²) in [6.07, 6.45) is 5.62. The molecular weight excluding hydrogens is 899 g/mol. The van der Waals surface area contributed by atoms with Crippen molar-refractivity contribution in [2.24, 2.45) is 0 Å². The molecule has 9 nitrogen and oxygen atoms in total. The van der Waals surface area contributed by atoms with Gasteiger partial charge in [0.2, 0.25) is 0 Å². The highest BCUT2D eigenvalue weighted by Gasteiger charge is 2.52. The van der Waals surface area contributed by atoms with Gasteiger partial charge in [0.25, 0.3) is 0 Å². The van der Waals surface area contributed by atoms with Gasteiger partial charge in [-0.15, -0.1) is 0 Å². The second-order valence-electron chi connectivity index (χ2n) is 25.3. The molecule has 2 aliphatic heterocycles. The molecule has 0 unspecified atom stereocenters. The molecule has 0 radical (unpaired) electrons. The lowest BCUT2D eigenvalue weighted by Gasteiger charge is -2.41. The summed E-state index contributed by atoms with van der Waals surface area (Å²) in [5, 5.41) is 1.66. The predicted molar refractivity (Wildman–Crippen MR) is 306 cm³/mol. The second kappa shape index (κ2) is 18.3. The van der Waals surface area contributed by atoms with Gasteiger partial charge in [-0.3, -0.25) is 9.55 Å². The van der Waals surface area contributed by atoms with Crippen molar-refractivity contribution in [3.05, 3.63) is 157 Å². The van der Waals surface area contributed by atoms with E-state index >= 15 is 0 Å². The maximum absolute atomic E-state index is 6.96. The summed E-state index contributed by atoms with van der Waals surface area (Å²) >= 11 is 0. The number of benzene rings is 5. The molecule has 12 heteroatoms. The quantitative estimate of drug-likeness (QED) is 0.146. The lowest BCUT2D eigenvalue weighted by molar-refractivity contribution is 0.250. The third kappa shape index (κ3) is 9.82. The molecular formula is C61H70B3N5O4. The SMILES string of the molecule is CC(C)(C)B1OB(c2cccc(-c3cc(C(C)(C)C)cc(C(C)(C)C)c3)c2N2CN(c3cncc(Oc4ccc5c6ccccc6n(-c6cc(C(C)(C)C)ccn6)c5c4)c3)c3ccccc32)OB(C(C)(C)C)O1. The molecule has 1 saturated heterocycles. The number of pyridine rings is 2. The van der Waals surface area contributed by atoms with Crippen LogP contribution in [0, 0.1) is 0 Å². The zero-order valence-electron chi connectivity index (χ0n) is 45.6. The van der Waals surface area contributed by atoms with Gasteiger partial charge in [0.1, 0.15) is 24.0 Å². The van der Waals surface area contributed by atoms with Gasteiger partial charge in [-0.25, -0.2) is 4.98 Å². The van der Waals surface area contributed by atoms with E-state index in [0.29, 0.717) is 18.2 Å². The molecule has 3 aromatic heterocycles. The van der Waals surface area contributed by atoms with Crippen molar-refractivity contribution in [2.45, 2.75) is 131 Å². The van der Waals surface area contributed by atoms with E-state index in [1.54, 1.807) is 6.20 Å². The number of anilines is 4. The van der Waals surface area contributed by atoms with Crippen molar-refractivity contribution in [1.29, 1.82) is 0 Å². The molecule has 0 saturated carbocycles. The first-order chi connectivity index (χ1) is 34.3. The third-order valence-corrected chi connectivity index (χ3v) is 14.2. The minimum atomic E-state index is -0.723. The van der Waals surface area contributed by atoms with Gasteiger partial charge in [-0.2, -0.15) is 0 Å². The highest BCUT2D eigenvalue weighted by atomic mass is 16.7. The predicted octanol–water partition coefficient (Wildman–Crippen LogP) is 15.5. The highest BCUT2D eigenvalue weighted by molar-refractivity contribution is 6.81. The molecule has 2 aliphatic rings. The van der Waals surface area contributed by atoms with E-state index in [1.807, 2.05) is 18.5 Å². The number of nitrogens with zero attached hydrogens (tertiary/aromatic N) is 5. The van der Waals surface area contributed by atoms with Crippen molar-refractivity contribution < 1.29 is 18.5 Å². The van der Waals surface area contributed by atoms with Crippen molar-refractivity contribution in [3.8, 4) is 28.4 Å². The van der Waals surface area contributed by atoms with E-state index in [-0.39, 0.29) is 26.9 Å². The number of aromatic nitrogens is 3. The van der Waals surface area contributed by atoms with Crippen LogP contribution in [0.25, 0.3) is 38.8 Å². The van der Waals surface area contributed by atoms with Crippen molar-refractivity contribution in [3.63, 3.8) is 0 Å². The molecule has 73 heavy (non-hydrogen) atoms. The van der Waals surface area contributed by atoms with Crippen LogP contribution in [0.3, 0.4) is 0 Å². The third-order valence-electron chi connectivity index (χ3n) is 14.2. The summed E-state index contributed by atoms with van der Waals surface area (Å²) in [6.45, 7) is 33.9. The number of para-hydroxylation sites is 4. The van der Waals surface area contributed by atoms with E-state index in [9.17, 15) is 0 Å². The van der Waals surface area contributed by atoms with Gasteiger partial charge in [-0.05, 0) is 91.6 Å². The second-order valence-corrected chi connectivity index (χ2v) is 25.3. The van der Waals surface area contributed by atoms with Crippen LogP contribution in [0.2, 0.25) is 10.6 Å². The Hall–Kier alpha value is -6.33. The molecule has 10 rings (SSSR count). The Balaban J connectivity index is 1.08. The van der Waals surface area contributed by atoms with Crippen molar-refractivity contribution in [2.75, 3.05) is 16.5 Å². The van der Waals surface area contributed by atoms with Gasteiger partial charge in [0, 0.05) is 40.1 Å². The molecule has 0 atom stereocenters. The lowest BCUT2D eigenvalue weighted by Crippen LogP contribution is -2.59. The van der Waals surface area contributed by atoms with E-state index in [1.165, 1.54) is 16.7 Å². The largest absolute Gasteiger partial charge is 0.468 e. The van der Waals surface area contributed by atoms with Gasteiger partial charge < -0.3 is 28.3 Å². The van der Waals surface area contributed by atoms with Crippen molar-refractivity contribution in [1.82, 2.24) is 14.5 Å². The van der Waals surface area contributed by atoms with E-state index in [0.717, 1.165) is 67.0 Å². The van der Waals surface area contributed by atoms with Crippen molar-refractivity contribution >= 4 is 71.4 Å². The Kier molecular flexibility index (Phi) is 12.6. The smallest absolute Gasteiger partial charge is 0.456 e. The van der Waals surface area contributed by atoms with Crippen LogP contribution < -0.4 is 20.0 Å². The minimum Gasteiger partial charge on any atom is -0.456 e. The molecule has 1 fully saturated rings. The number of hydrogen-bond acceptors (Lipinski definition) is 8. The van der Waals surface area contributed by atoms with Crippen LogP contribution in [0.5, 0.6) is 11.5 Å². The Morgan fingerprint density at radius 3 is 1.78 bits per heavy atom. The molecule has 0 aliphatic carbocycles. The summed E-state index contributed by atoms with van der Waals surface area (Å²) in [5.41, 5.74) is 12.9. The number of rotatable bonds is 7. The Morgan fingerprint density at radius 1 is 0.521 bits per heavy atom. The highest BCUT2D eigenvalue weighted by Crippen LogP contribution is 2.49. The summed E-state index contributed by atoms with van der Waals surface area (Å²) in [5.74, 6) is 2.20. The van der Waals surface area contributed by atoms with Crippen LogP contribution in [0.1, 0.15) is 121 Å². The fourth-order valence-corrected chi connectivity index (χ4v) is 9.97. The molecule has 0 spiro atoms. The van der Waals surface area contributed by atoms with E-state index < -0.39 is 21.4 Å². The maximum atomic E-state index is 6.96. The van der Waals surface area contributed by atoms with Gasteiger partial charge in [0.15, 0.2) is 0 Å². The lowest BCUT2D eigenvalue weighted by atomic mass is 9.50. The molecule has 0 bridgehead atoms. The normalized spacial score (nSPS) is 15.0. The molecule has 5 heterocycles. The van der Waals surface area contributed by atoms with Gasteiger partial charge in [-0.1, -0.05) is 171 Å². The van der Waals surface area contributed by atoms with Crippen LogP contribution >= 0.6 is 0 Å². The van der Waals surface area contributed by atoms with Gasteiger partial charge in [0.05, 0.1) is 46.2 Å². The number of fused-ring (bicyclic) bond motifs is 4. The topological polar surface area (TPSA) is 74.1 Å². The van der Waals surface area contributed by atoms with Crippen LogP contribution in [-0.2, 0) is 30.0 Å². The summed E-state index contributed by atoms with van der Waals surface area (Å²) in [6, 6.07) is 43.5. The summed E-state index contributed by atoms with van der Waals surface area (Å²) < 4.78 is 29.6. The number of ether oxygens (including phenoxy) is 1. The Morgan fingerprint density at radius 2 is 1.14 bits per heavy atom. The zero-order valence-corrected chi connectivity index (χ0v) is 45.6. The Bertz CT molecular complexity index is 3320. The number of hydrogen-bond donors (Lipinski definition) is 0. The minimum absolute atomic E-state index is 0.0331. The average Bonchev–Trinajstić information content (AvgIpc) is 3.88. The first-order valence-electron chi connectivity index (χ1n) is 25.9. The fourth-order valence-electron chi connectivity index (χ4n) is 9.97. The van der Waals surface area contributed by atoms with Crippen LogP contribution in [-0.4, -0.2) is 42.6 Å². The standard InChI is InChI=1S/C61H70B3N5O4/c1-57(2,3)41-29-30-66-55(34-41)69-51-24-17-16-21-48(51)49-28-27-45(36-54(49)69)70-46-35-44(37-65-38-46)67-39-68(53-26-19-18-25-52(53)67)56-47(40-31-42(58(4,5)6)33-43(32-40)59(7,8)9)22-20-23-50(56)62-71-63(60(10,11)12)73-64(72-62)61(13,14)15/h16-38H,39H2,1-15H3. The first-order valence-corrected chi connectivity index (χ1v) is 25.9. The first kappa shape index (κ1) is 50.2. The molecule has 8 aromatic rings. The van der Waals surface area contributed by atoms with E-state index in [2.05, 4.69) is 233 Å². The molecule has 0 N–H and O–H groups in total. The van der Waals surface area contributed by atoms with Crippen LogP contribution in [0.4, 0.5) is 22.7 Å². The zero-order chi connectivity index (χ0) is 52.0. The van der Waals surface area contributed by atoms with Gasteiger partial charge >= 0.3 is 21.4 Å². The Labute approximate surface area is 434 Å². The average molecular weight is 970 g/mol. The fraction of sp³-hybridized carbons (Fsp3) is 0.344. The van der Waals surface area contributed by atoms with E-state index in [4.69, 9.17) is 28.4 Å². The van der Waals surface area contributed by atoms with Crippen LogP contribution in [0.15, 0.2) is 140 Å². The maximum Gasteiger partial charge on any atom is 0.468 e. The molecule has 372 valence electrons. The summed E-state index contributed by atoms with van der Waals surface area (Å²) in [7, 11) is -1.75. The summed E-state index contributed by atoms with van der Waals surface area (Å²) in [4.78, 5) is 14.5. The molecule has 5 aromatic carbocycles. The molecule has 0 amide bonds.